The van der Waals surface area contributed by atoms with Crippen LogP contribution in [0.4, 0.5) is 5.69 Å². The van der Waals surface area contributed by atoms with Gasteiger partial charge in [0.05, 0.1) is 5.92 Å². The van der Waals surface area contributed by atoms with Crippen molar-refractivity contribution in [3.05, 3.63) is 29.8 Å². The van der Waals surface area contributed by atoms with Gasteiger partial charge in [-0.2, -0.15) is 0 Å². The summed E-state index contributed by atoms with van der Waals surface area (Å²) >= 11 is 0. The average molecular weight is 275 g/mol. The summed E-state index contributed by atoms with van der Waals surface area (Å²) in [6.45, 7) is 2.59. The van der Waals surface area contributed by atoms with Crippen LogP contribution in [0.25, 0.3) is 0 Å². The van der Waals surface area contributed by atoms with Crippen LogP contribution in [0.2, 0.25) is 0 Å². The van der Waals surface area contributed by atoms with Crippen LogP contribution >= 0.6 is 0 Å². The van der Waals surface area contributed by atoms with E-state index in [9.17, 15) is 4.79 Å². The first kappa shape index (κ1) is 14.9. The van der Waals surface area contributed by atoms with Gasteiger partial charge in [-0.05, 0) is 45.1 Å². The second-order valence-electron chi connectivity index (χ2n) is 5.86. The number of carbonyl (C=O) groups is 1. The van der Waals surface area contributed by atoms with Gasteiger partial charge in [-0.1, -0.05) is 18.2 Å². The topological polar surface area (TPSA) is 35.6 Å². The first-order chi connectivity index (χ1) is 9.58. The largest absolute Gasteiger partial charge is 0.384 e. The van der Waals surface area contributed by atoms with Crippen LogP contribution in [0.15, 0.2) is 24.3 Å². The summed E-state index contributed by atoms with van der Waals surface area (Å²) < 4.78 is 0. The van der Waals surface area contributed by atoms with Crippen molar-refractivity contribution in [2.24, 2.45) is 5.92 Å². The fraction of sp³-hybridized carbons (Fsp3) is 0.562. The van der Waals surface area contributed by atoms with Gasteiger partial charge in [0.25, 0.3) is 0 Å². The van der Waals surface area contributed by atoms with Gasteiger partial charge >= 0.3 is 0 Å². The molecule has 1 unspecified atom stereocenters. The molecule has 0 aromatic heterocycles. The molecule has 0 bridgehead atoms. The van der Waals surface area contributed by atoms with E-state index in [1.807, 2.05) is 24.1 Å². The minimum atomic E-state index is 0.0641. The van der Waals surface area contributed by atoms with Gasteiger partial charge in [0.2, 0.25) is 5.91 Å². The second-order valence-corrected chi connectivity index (χ2v) is 5.86. The SMILES string of the molecule is CN(C)CCCN(C)C(=O)C1CNc2ccccc2C1. The summed E-state index contributed by atoms with van der Waals surface area (Å²) in [5, 5.41) is 3.37. The number of amides is 1. The van der Waals surface area contributed by atoms with Crippen LogP contribution < -0.4 is 5.32 Å². The lowest BCUT2D eigenvalue weighted by Gasteiger charge is -2.29. The highest BCUT2D eigenvalue weighted by molar-refractivity contribution is 5.80. The van der Waals surface area contributed by atoms with Crippen LogP contribution in [0.1, 0.15) is 12.0 Å². The Labute approximate surface area is 121 Å². The Morgan fingerprint density at radius 3 is 2.75 bits per heavy atom. The van der Waals surface area contributed by atoms with Gasteiger partial charge < -0.3 is 15.1 Å². The maximum absolute atomic E-state index is 12.5. The highest BCUT2D eigenvalue weighted by Crippen LogP contribution is 2.25. The molecule has 1 aromatic rings. The first-order valence-corrected chi connectivity index (χ1v) is 7.29. The van der Waals surface area contributed by atoms with E-state index in [0.29, 0.717) is 0 Å². The highest BCUT2D eigenvalue weighted by Gasteiger charge is 2.26. The molecule has 0 saturated heterocycles. The van der Waals surface area contributed by atoms with Gasteiger partial charge in [0.1, 0.15) is 0 Å². The standard InChI is InChI=1S/C16H25N3O/c1-18(2)9-6-10-19(3)16(20)14-11-13-7-4-5-8-15(13)17-12-14/h4-5,7-8,14,17H,6,9-12H2,1-3H3. The van der Waals surface area contributed by atoms with E-state index in [0.717, 1.165) is 32.5 Å². The monoisotopic (exact) mass is 275 g/mol. The number of nitrogens with one attached hydrogen (secondary N) is 1. The lowest BCUT2D eigenvalue weighted by molar-refractivity contribution is -0.133. The van der Waals surface area contributed by atoms with Crippen molar-refractivity contribution < 1.29 is 4.79 Å². The van der Waals surface area contributed by atoms with E-state index in [1.165, 1.54) is 11.3 Å². The molecule has 1 heterocycles. The Kier molecular flexibility index (Phi) is 5.01. The zero-order chi connectivity index (χ0) is 14.5. The molecular formula is C16H25N3O. The van der Waals surface area contributed by atoms with Crippen LogP contribution in [-0.4, -0.2) is 56.5 Å². The predicted octanol–water partition coefficient (Wildman–Crippen LogP) is 1.68. The minimum Gasteiger partial charge on any atom is -0.384 e. The molecule has 1 aliphatic rings. The molecule has 0 radical (unpaired) electrons. The van der Waals surface area contributed by atoms with E-state index in [2.05, 4.69) is 36.4 Å². The number of hydrogen-bond acceptors (Lipinski definition) is 3. The Morgan fingerprint density at radius 1 is 1.25 bits per heavy atom. The molecule has 110 valence electrons. The number of para-hydroxylation sites is 1. The van der Waals surface area contributed by atoms with Crippen LogP contribution in [0.3, 0.4) is 0 Å². The first-order valence-electron chi connectivity index (χ1n) is 7.29. The Morgan fingerprint density at radius 2 is 2.00 bits per heavy atom. The van der Waals surface area contributed by atoms with E-state index in [1.54, 1.807) is 0 Å². The van der Waals surface area contributed by atoms with E-state index in [-0.39, 0.29) is 11.8 Å². The lowest BCUT2D eigenvalue weighted by Crippen LogP contribution is -2.40. The van der Waals surface area contributed by atoms with Crippen molar-refractivity contribution >= 4 is 11.6 Å². The molecule has 1 N–H and O–H groups in total. The molecule has 4 nitrogen and oxygen atoms in total. The number of carbonyl (C=O) groups excluding carboxylic acids is 1. The van der Waals surface area contributed by atoms with Crippen LogP contribution in [-0.2, 0) is 11.2 Å². The average Bonchev–Trinajstić information content (AvgIpc) is 2.45. The van der Waals surface area contributed by atoms with Gasteiger partial charge in [0.15, 0.2) is 0 Å². The van der Waals surface area contributed by atoms with E-state index >= 15 is 0 Å². The molecule has 0 fully saturated rings. The summed E-state index contributed by atoms with van der Waals surface area (Å²) in [5.74, 6) is 0.319. The zero-order valence-corrected chi connectivity index (χ0v) is 12.7. The Balaban J connectivity index is 1.87. The number of hydrogen-bond donors (Lipinski definition) is 1. The second kappa shape index (κ2) is 6.75. The third-order valence-electron chi connectivity index (χ3n) is 3.85. The third kappa shape index (κ3) is 3.73. The maximum Gasteiger partial charge on any atom is 0.227 e. The van der Waals surface area contributed by atoms with E-state index < -0.39 is 0 Å². The number of rotatable bonds is 5. The summed E-state index contributed by atoms with van der Waals surface area (Å²) in [7, 11) is 6.03. The molecule has 20 heavy (non-hydrogen) atoms. The predicted molar refractivity (Wildman–Crippen MR) is 82.9 cm³/mol. The van der Waals surface area contributed by atoms with Gasteiger partial charge in [-0.15, -0.1) is 0 Å². The summed E-state index contributed by atoms with van der Waals surface area (Å²) in [5.41, 5.74) is 2.42. The van der Waals surface area contributed by atoms with Crippen LogP contribution in [0, 0.1) is 5.92 Å². The third-order valence-corrected chi connectivity index (χ3v) is 3.85. The van der Waals surface area contributed by atoms with Crippen molar-refractivity contribution in [1.29, 1.82) is 0 Å². The molecule has 2 rings (SSSR count). The number of benzene rings is 1. The normalized spacial score (nSPS) is 17.5. The lowest BCUT2D eigenvalue weighted by atomic mass is 9.93. The number of fused-ring (bicyclic) bond motifs is 1. The quantitative estimate of drug-likeness (QED) is 0.888. The molecule has 1 aliphatic heterocycles. The van der Waals surface area contributed by atoms with Gasteiger partial charge in [-0.25, -0.2) is 0 Å². The fourth-order valence-corrected chi connectivity index (χ4v) is 2.66. The number of nitrogens with zero attached hydrogens (tertiary/aromatic N) is 2. The Hall–Kier alpha value is -1.55. The minimum absolute atomic E-state index is 0.0641. The summed E-state index contributed by atoms with van der Waals surface area (Å²) in [6, 6.07) is 8.25. The fourth-order valence-electron chi connectivity index (χ4n) is 2.66. The molecule has 0 aliphatic carbocycles. The summed E-state index contributed by atoms with van der Waals surface area (Å²) in [6.07, 6.45) is 1.87. The Bertz CT molecular complexity index is 459. The smallest absolute Gasteiger partial charge is 0.227 e. The molecule has 1 aromatic carbocycles. The van der Waals surface area contributed by atoms with Crippen LogP contribution in [0.5, 0.6) is 0 Å². The van der Waals surface area contributed by atoms with Crippen molar-refractivity contribution in [2.45, 2.75) is 12.8 Å². The zero-order valence-electron chi connectivity index (χ0n) is 12.7. The number of anilines is 1. The van der Waals surface area contributed by atoms with Crippen molar-refractivity contribution in [2.75, 3.05) is 46.1 Å². The van der Waals surface area contributed by atoms with Gasteiger partial charge in [0, 0.05) is 25.8 Å². The van der Waals surface area contributed by atoms with Crippen molar-refractivity contribution in [3.8, 4) is 0 Å². The maximum atomic E-state index is 12.5. The van der Waals surface area contributed by atoms with Crippen molar-refractivity contribution in [1.82, 2.24) is 9.80 Å². The molecule has 0 saturated carbocycles. The van der Waals surface area contributed by atoms with E-state index in [4.69, 9.17) is 0 Å². The van der Waals surface area contributed by atoms with Crippen molar-refractivity contribution in [3.63, 3.8) is 0 Å². The molecule has 4 heteroatoms. The highest BCUT2D eigenvalue weighted by atomic mass is 16.2. The summed E-state index contributed by atoms with van der Waals surface area (Å²) in [4.78, 5) is 16.5. The van der Waals surface area contributed by atoms with Gasteiger partial charge in [-0.3, -0.25) is 4.79 Å². The molecule has 1 amide bonds. The molecule has 0 spiro atoms. The molecule has 1 atom stereocenters. The molecular weight excluding hydrogens is 250 g/mol.